The average molecular weight is 686 g/mol. The molecule has 0 spiro atoms. The number of fused-ring (bicyclic) bond motifs is 5. The lowest BCUT2D eigenvalue weighted by molar-refractivity contribution is 0.421. The van der Waals surface area contributed by atoms with Gasteiger partial charge < -0.3 is 9.15 Å². The molecule has 0 N–H and O–H groups in total. The summed E-state index contributed by atoms with van der Waals surface area (Å²) in [5.41, 5.74) is 11.8. The lowest BCUT2D eigenvalue weighted by Crippen LogP contribution is -2.07. The third-order valence-corrected chi connectivity index (χ3v) is 10.5. The van der Waals surface area contributed by atoms with E-state index in [1.807, 2.05) is 24.3 Å². The Hall–Kier alpha value is -6.59. The van der Waals surface area contributed by atoms with Gasteiger partial charge in [-0.3, -0.25) is 0 Å². The number of nitrogens with zero attached hydrogens (tertiary/aromatic N) is 3. The second-order valence-electron chi connectivity index (χ2n) is 13.7. The lowest BCUT2D eigenvalue weighted by atomic mass is 9.90. The first kappa shape index (κ1) is 31.2. The lowest BCUT2D eigenvalue weighted by Gasteiger charge is -2.16. The third kappa shape index (κ3) is 5.44. The van der Waals surface area contributed by atoms with Crippen molar-refractivity contribution in [2.75, 3.05) is 7.11 Å². The zero-order valence-electron chi connectivity index (χ0n) is 29.3. The van der Waals surface area contributed by atoms with Crippen LogP contribution in [-0.2, 0) is 12.8 Å². The number of furan rings is 1. The minimum atomic E-state index is 0.659. The fraction of sp³-hybridized carbons (Fsp3) is 0.104. The maximum atomic E-state index is 6.73. The Labute approximate surface area is 308 Å². The predicted molar refractivity (Wildman–Crippen MR) is 215 cm³/mol. The summed E-state index contributed by atoms with van der Waals surface area (Å²) >= 11 is 0. The van der Waals surface area contributed by atoms with Crippen molar-refractivity contribution >= 4 is 33.4 Å². The van der Waals surface area contributed by atoms with Crippen LogP contribution in [-0.4, -0.2) is 22.1 Å². The molecule has 2 aliphatic carbocycles. The standard InChI is InChI=1S/C48H35N3O2/c1-52-45-37-20-11-10-19-36(37)40(29-41(45)31-14-4-2-5-15-31)34-25-26-38-43(28-34)53-42-22-12-21-39(44(38)42)48-50-46(32-16-6-3-7-17-32)49-47(51-48)35-24-23-30-13-8-9-18-33(30)27-35/h2-8,10-11,13-17,19-21,23-29H,9,12,18,22H2,1H3. The molecule has 0 saturated carbocycles. The van der Waals surface area contributed by atoms with E-state index in [-0.39, 0.29) is 0 Å². The fourth-order valence-electron chi connectivity index (χ4n) is 7.99. The molecule has 0 bridgehead atoms. The van der Waals surface area contributed by atoms with Gasteiger partial charge in [0.25, 0.3) is 0 Å². The van der Waals surface area contributed by atoms with Crippen LogP contribution in [0.3, 0.4) is 0 Å². The number of rotatable bonds is 6. The number of methoxy groups -OCH3 is 1. The average Bonchev–Trinajstić information content (AvgIpc) is 3.61. The van der Waals surface area contributed by atoms with Crippen LogP contribution in [0.15, 0.2) is 144 Å². The van der Waals surface area contributed by atoms with Crippen LogP contribution in [0.1, 0.15) is 41.1 Å². The van der Waals surface area contributed by atoms with Crippen molar-refractivity contribution in [2.24, 2.45) is 0 Å². The van der Waals surface area contributed by atoms with Crippen molar-refractivity contribution in [2.45, 2.75) is 25.7 Å². The molecule has 0 fully saturated rings. The van der Waals surface area contributed by atoms with Crippen LogP contribution < -0.4 is 4.74 Å². The zero-order valence-corrected chi connectivity index (χ0v) is 29.3. The number of aryl methyl sites for hydroxylation is 2. The Balaban J connectivity index is 1.12. The molecule has 8 aromatic rings. The molecule has 0 aliphatic heterocycles. The van der Waals surface area contributed by atoms with Crippen LogP contribution in [0, 0.1) is 0 Å². The quantitative estimate of drug-likeness (QED) is 0.174. The highest BCUT2D eigenvalue weighted by Crippen LogP contribution is 2.45. The number of ether oxygens (including phenoxy) is 1. The van der Waals surface area contributed by atoms with Gasteiger partial charge in [-0.1, -0.05) is 121 Å². The highest BCUT2D eigenvalue weighted by atomic mass is 16.5. The van der Waals surface area contributed by atoms with Crippen LogP contribution in [0.2, 0.25) is 0 Å². The van der Waals surface area contributed by atoms with Gasteiger partial charge in [-0.2, -0.15) is 0 Å². The monoisotopic (exact) mass is 685 g/mol. The summed E-state index contributed by atoms with van der Waals surface area (Å²) in [6, 6.07) is 44.5. The van der Waals surface area contributed by atoms with E-state index in [0.717, 1.165) is 103 Å². The Morgan fingerprint density at radius 1 is 0.566 bits per heavy atom. The summed E-state index contributed by atoms with van der Waals surface area (Å²) in [6.45, 7) is 0. The molecule has 0 radical (unpaired) electrons. The predicted octanol–water partition coefficient (Wildman–Crippen LogP) is 11.8. The summed E-state index contributed by atoms with van der Waals surface area (Å²) < 4.78 is 12.8. The van der Waals surface area contributed by atoms with Gasteiger partial charge in [0, 0.05) is 45.0 Å². The minimum Gasteiger partial charge on any atom is -0.495 e. The van der Waals surface area contributed by atoms with Crippen molar-refractivity contribution in [1.82, 2.24) is 15.0 Å². The van der Waals surface area contributed by atoms with Gasteiger partial charge in [-0.05, 0) is 76.7 Å². The number of allylic oxidation sites excluding steroid dienone is 2. The third-order valence-electron chi connectivity index (χ3n) is 10.5. The fourth-order valence-corrected chi connectivity index (χ4v) is 7.99. The zero-order chi connectivity index (χ0) is 35.3. The topological polar surface area (TPSA) is 61.0 Å². The van der Waals surface area contributed by atoms with Gasteiger partial charge in [-0.25, -0.2) is 15.0 Å². The molecular weight excluding hydrogens is 651 g/mol. The van der Waals surface area contributed by atoms with Crippen molar-refractivity contribution in [1.29, 1.82) is 0 Å². The van der Waals surface area contributed by atoms with Crippen LogP contribution in [0.4, 0.5) is 0 Å². The molecule has 2 aliphatic rings. The van der Waals surface area contributed by atoms with E-state index in [1.165, 1.54) is 11.1 Å². The Morgan fingerprint density at radius 3 is 2.09 bits per heavy atom. The van der Waals surface area contributed by atoms with E-state index < -0.39 is 0 Å². The molecule has 254 valence electrons. The number of hydrogen-bond donors (Lipinski definition) is 0. The number of hydrogen-bond acceptors (Lipinski definition) is 5. The number of benzene rings is 6. The molecule has 6 aromatic carbocycles. The van der Waals surface area contributed by atoms with E-state index in [9.17, 15) is 0 Å². The molecule has 10 rings (SSSR count). The summed E-state index contributed by atoms with van der Waals surface area (Å²) in [4.78, 5) is 15.3. The minimum absolute atomic E-state index is 0.659. The first-order valence-electron chi connectivity index (χ1n) is 18.2. The van der Waals surface area contributed by atoms with Gasteiger partial charge >= 0.3 is 0 Å². The summed E-state index contributed by atoms with van der Waals surface area (Å²) in [5, 5.41) is 3.26. The highest BCUT2D eigenvalue weighted by Gasteiger charge is 2.26. The van der Waals surface area contributed by atoms with Gasteiger partial charge in [0.2, 0.25) is 0 Å². The van der Waals surface area contributed by atoms with Gasteiger partial charge in [0.05, 0.1) is 7.11 Å². The van der Waals surface area contributed by atoms with Crippen molar-refractivity contribution in [3.05, 3.63) is 168 Å². The SMILES string of the molecule is COc1c(-c2ccccc2)cc(-c2ccc3c4c(oc3c2)CCC=C4c2nc(-c3ccccc3)nc(-c3ccc4c(c3)CCC=C4)n2)c2ccccc12. The first-order chi connectivity index (χ1) is 26.2. The molecule has 2 heterocycles. The second-order valence-corrected chi connectivity index (χ2v) is 13.7. The second kappa shape index (κ2) is 12.9. The Bertz CT molecular complexity index is 2760. The van der Waals surface area contributed by atoms with E-state index in [2.05, 4.69) is 121 Å². The Kier molecular flexibility index (Phi) is 7.57. The first-order valence-corrected chi connectivity index (χ1v) is 18.2. The van der Waals surface area contributed by atoms with Crippen LogP contribution >= 0.6 is 0 Å². The van der Waals surface area contributed by atoms with E-state index >= 15 is 0 Å². The molecule has 5 nitrogen and oxygen atoms in total. The van der Waals surface area contributed by atoms with Gasteiger partial charge in [0.1, 0.15) is 17.1 Å². The van der Waals surface area contributed by atoms with Crippen molar-refractivity contribution in [3.8, 4) is 50.8 Å². The molecule has 53 heavy (non-hydrogen) atoms. The van der Waals surface area contributed by atoms with Crippen molar-refractivity contribution in [3.63, 3.8) is 0 Å². The molecule has 0 atom stereocenters. The number of aromatic nitrogens is 3. The van der Waals surface area contributed by atoms with E-state index in [1.54, 1.807) is 7.11 Å². The largest absolute Gasteiger partial charge is 0.495 e. The van der Waals surface area contributed by atoms with E-state index in [0.29, 0.717) is 17.5 Å². The molecule has 2 aromatic heterocycles. The Morgan fingerprint density at radius 2 is 1.28 bits per heavy atom. The molecular formula is C48H35N3O2. The van der Waals surface area contributed by atoms with E-state index in [4.69, 9.17) is 24.1 Å². The normalized spacial score (nSPS) is 13.5. The molecule has 0 saturated heterocycles. The summed E-state index contributed by atoms with van der Waals surface area (Å²) in [6.07, 6.45) is 10.4. The molecule has 0 amide bonds. The van der Waals surface area contributed by atoms with Gasteiger partial charge in [0.15, 0.2) is 17.5 Å². The summed E-state index contributed by atoms with van der Waals surface area (Å²) in [5.74, 6) is 3.83. The molecule has 5 heteroatoms. The molecule has 0 unspecified atom stereocenters. The maximum absolute atomic E-state index is 6.73. The van der Waals surface area contributed by atoms with Crippen molar-refractivity contribution < 1.29 is 9.15 Å². The summed E-state index contributed by atoms with van der Waals surface area (Å²) in [7, 11) is 1.75. The maximum Gasteiger partial charge on any atom is 0.164 e. The smallest absolute Gasteiger partial charge is 0.164 e. The highest BCUT2D eigenvalue weighted by molar-refractivity contribution is 6.06. The van der Waals surface area contributed by atoms with Gasteiger partial charge in [-0.15, -0.1) is 0 Å². The van der Waals surface area contributed by atoms with Crippen LogP contribution in [0.5, 0.6) is 5.75 Å². The van der Waals surface area contributed by atoms with Crippen LogP contribution in [0.25, 0.3) is 78.4 Å².